The summed E-state index contributed by atoms with van der Waals surface area (Å²) >= 11 is 11.7. The molecule has 0 aliphatic carbocycles. The van der Waals surface area contributed by atoms with Gasteiger partial charge in [-0.15, -0.1) is 6.58 Å². The van der Waals surface area contributed by atoms with Gasteiger partial charge in [0, 0.05) is 5.56 Å². The molecular formula is C18H16Cl2O2. The van der Waals surface area contributed by atoms with Crippen LogP contribution in [0.1, 0.15) is 15.9 Å². The van der Waals surface area contributed by atoms with Crippen molar-refractivity contribution in [1.82, 2.24) is 0 Å². The van der Waals surface area contributed by atoms with Crippen molar-refractivity contribution in [2.24, 2.45) is 0 Å². The van der Waals surface area contributed by atoms with Gasteiger partial charge in [0.1, 0.15) is 0 Å². The Morgan fingerprint density at radius 2 is 1.73 bits per heavy atom. The number of hydrogen-bond donors (Lipinski definition) is 1. The molecule has 22 heavy (non-hydrogen) atoms. The van der Waals surface area contributed by atoms with Crippen LogP contribution in [0.15, 0.2) is 67.3 Å². The number of benzene rings is 2. The van der Waals surface area contributed by atoms with E-state index in [4.69, 9.17) is 28.3 Å². The van der Waals surface area contributed by atoms with Gasteiger partial charge in [0.2, 0.25) is 0 Å². The first-order chi connectivity index (χ1) is 10.6. The molecule has 0 spiro atoms. The average molecular weight is 335 g/mol. The van der Waals surface area contributed by atoms with Crippen molar-refractivity contribution >= 4 is 35.1 Å². The number of carbonyl (C=O) groups excluding carboxylic acids is 1. The fourth-order valence-electron chi connectivity index (χ4n) is 1.49. The predicted octanol–water partition coefficient (Wildman–Crippen LogP) is 5.05. The molecule has 114 valence electrons. The highest BCUT2D eigenvalue weighted by Crippen LogP contribution is 2.23. The Hall–Kier alpha value is -1.87. The topological polar surface area (TPSA) is 37.3 Å². The number of rotatable bonds is 4. The summed E-state index contributed by atoms with van der Waals surface area (Å²) in [6.07, 6.45) is 4.67. The van der Waals surface area contributed by atoms with E-state index in [0.717, 1.165) is 5.56 Å². The van der Waals surface area contributed by atoms with Crippen molar-refractivity contribution in [3.63, 3.8) is 0 Å². The number of aliphatic hydroxyl groups is 1. The smallest absolute Gasteiger partial charge is 0.185 e. The quantitative estimate of drug-likeness (QED) is 0.482. The molecule has 2 nitrogen and oxygen atoms in total. The summed E-state index contributed by atoms with van der Waals surface area (Å²) in [4.78, 5) is 11.8. The molecule has 0 fully saturated rings. The van der Waals surface area contributed by atoms with Crippen LogP contribution in [-0.4, -0.2) is 17.5 Å². The van der Waals surface area contributed by atoms with E-state index in [1.54, 1.807) is 30.3 Å². The Kier molecular flexibility index (Phi) is 8.23. The molecule has 2 aromatic carbocycles. The van der Waals surface area contributed by atoms with Crippen molar-refractivity contribution in [2.75, 3.05) is 6.61 Å². The van der Waals surface area contributed by atoms with Gasteiger partial charge in [0.25, 0.3) is 0 Å². The number of carbonyl (C=O) groups is 1. The van der Waals surface area contributed by atoms with E-state index in [1.807, 2.05) is 24.3 Å². The van der Waals surface area contributed by atoms with Gasteiger partial charge in [-0.05, 0) is 23.8 Å². The maximum atomic E-state index is 11.8. The highest BCUT2D eigenvalue weighted by molar-refractivity contribution is 6.42. The molecule has 2 rings (SSSR count). The van der Waals surface area contributed by atoms with Gasteiger partial charge in [-0.2, -0.15) is 0 Å². The van der Waals surface area contributed by atoms with Gasteiger partial charge in [-0.25, -0.2) is 0 Å². The zero-order chi connectivity index (χ0) is 16.4. The van der Waals surface area contributed by atoms with Crippen molar-refractivity contribution in [2.45, 2.75) is 0 Å². The molecule has 4 heteroatoms. The zero-order valence-electron chi connectivity index (χ0n) is 11.9. The van der Waals surface area contributed by atoms with Crippen LogP contribution in [0, 0.1) is 0 Å². The number of hydrogen-bond acceptors (Lipinski definition) is 2. The van der Waals surface area contributed by atoms with Gasteiger partial charge in [-0.1, -0.05) is 71.8 Å². The lowest BCUT2D eigenvalue weighted by Gasteiger charge is -1.98. The molecule has 0 unspecified atom stereocenters. The van der Waals surface area contributed by atoms with E-state index < -0.39 is 0 Å². The van der Waals surface area contributed by atoms with Crippen LogP contribution < -0.4 is 0 Å². The first-order valence-electron chi connectivity index (χ1n) is 6.52. The minimum absolute atomic E-state index is 0.0401. The molecule has 0 saturated carbocycles. The van der Waals surface area contributed by atoms with E-state index >= 15 is 0 Å². The Balaban J connectivity index is 0.000000541. The lowest BCUT2D eigenvalue weighted by atomic mass is 10.1. The number of aliphatic hydroxyl groups excluding tert-OH is 1. The monoisotopic (exact) mass is 334 g/mol. The Labute approximate surface area is 140 Å². The fraction of sp³-hybridized carbons (Fsp3) is 0.0556. The fourth-order valence-corrected chi connectivity index (χ4v) is 1.79. The molecule has 0 saturated heterocycles. The molecular weight excluding hydrogens is 319 g/mol. The summed E-state index contributed by atoms with van der Waals surface area (Å²) in [7, 11) is 0. The first kappa shape index (κ1) is 18.2. The summed E-state index contributed by atoms with van der Waals surface area (Å²) in [6.45, 7) is 3.31. The maximum absolute atomic E-state index is 11.8. The zero-order valence-corrected chi connectivity index (χ0v) is 13.4. The van der Waals surface area contributed by atoms with Crippen molar-refractivity contribution in [3.8, 4) is 0 Å². The summed E-state index contributed by atoms with van der Waals surface area (Å²) in [5.41, 5.74) is 1.50. The summed E-state index contributed by atoms with van der Waals surface area (Å²) in [5.74, 6) is -0.0401. The van der Waals surface area contributed by atoms with E-state index in [2.05, 4.69) is 6.58 Å². The highest BCUT2D eigenvalue weighted by atomic mass is 35.5. The van der Waals surface area contributed by atoms with Gasteiger partial charge in [-0.3, -0.25) is 4.79 Å². The van der Waals surface area contributed by atoms with E-state index in [0.29, 0.717) is 15.6 Å². The van der Waals surface area contributed by atoms with Crippen LogP contribution in [-0.2, 0) is 0 Å². The van der Waals surface area contributed by atoms with Crippen molar-refractivity contribution in [1.29, 1.82) is 0 Å². The first-order valence-corrected chi connectivity index (χ1v) is 7.28. The normalized spacial score (nSPS) is 9.95. The molecule has 1 N–H and O–H groups in total. The molecule has 0 aliphatic rings. The van der Waals surface area contributed by atoms with Gasteiger partial charge >= 0.3 is 0 Å². The predicted molar refractivity (Wildman–Crippen MR) is 93.6 cm³/mol. The van der Waals surface area contributed by atoms with Crippen molar-refractivity contribution in [3.05, 3.63) is 88.4 Å². The Bertz CT molecular complexity index is 649. The minimum atomic E-state index is -0.0401. The second kappa shape index (κ2) is 9.96. The van der Waals surface area contributed by atoms with E-state index in [-0.39, 0.29) is 12.4 Å². The Morgan fingerprint density at radius 3 is 2.27 bits per heavy atom. The van der Waals surface area contributed by atoms with Crippen LogP contribution in [0.3, 0.4) is 0 Å². The second-order valence-electron chi connectivity index (χ2n) is 4.21. The maximum Gasteiger partial charge on any atom is 0.185 e. The highest BCUT2D eigenvalue weighted by Gasteiger charge is 2.00. The molecule has 0 heterocycles. The van der Waals surface area contributed by atoms with Crippen LogP contribution in [0.2, 0.25) is 10.0 Å². The summed E-state index contributed by atoms with van der Waals surface area (Å²) in [5, 5.41) is 8.74. The third-order valence-corrected chi connectivity index (χ3v) is 3.30. The number of halogens is 2. The standard InChI is InChI=1S/C15H10Cl2O.C3H6O/c16-13-8-6-11(10-14(13)17)7-9-15(18)12-4-2-1-3-5-12;1-2-3-4/h1-10H;2,4H,1,3H2. The molecule has 0 aliphatic heterocycles. The third kappa shape index (κ3) is 6.27. The number of allylic oxidation sites excluding steroid dienone is 1. The Morgan fingerprint density at radius 1 is 1.09 bits per heavy atom. The largest absolute Gasteiger partial charge is 0.392 e. The van der Waals surface area contributed by atoms with E-state index in [1.165, 1.54) is 12.2 Å². The van der Waals surface area contributed by atoms with Gasteiger partial charge in [0.05, 0.1) is 16.7 Å². The van der Waals surface area contributed by atoms with Crippen LogP contribution in [0.25, 0.3) is 6.08 Å². The lowest BCUT2D eigenvalue weighted by molar-refractivity contribution is 0.104. The van der Waals surface area contributed by atoms with E-state index in [9.17, 15) is 4.79 Å². The molecule has 2 aromatic rings. The SMILES string of the molecule is C=CCO.O=C(C=Cc1ccc(Cl)c(Cl)c1)c1ccccc1. The summed E-state index contributed by atoms with van der Waals surface area (Å²) < 4.78 is 0. The van der Waals surface area contributed by atoms with Crippen molar-refractivity contribution < 1.29 is 9.90 Å². The third-order valence-electron chi connectivity index (χ3n) is 2.56. The summed E-state index contributed by atoms with van der Waals surface area (Å²) in [6, 6.07) is 14.3. The lowest BCUT2D eigenvalue weighted by Crippen LogP contribution is -1.92. The van der Waals surface area contributed by atoms with Gasteiger partial charge in [0.15, 0.2) is 5.78 Å². The molecule has 0 atom stereocenters. The average Bonchev–Trinajstić information content (AvgIpc) is 2.56. The minimum Gasteiger partial charge on any atom is -0.392 e. The second-order valence-corrected chi connectivity index (χ2v) is 5.02. The molecule has 0 radical (unpaired) electrons. The van der Waals surface area contributed by atoms with Gasteiger partial charge < -0.3 is 5.11 Å². The van der Waals surface area contributed by atoms with Crippen LogP contribution >= 0.6 is 23.2 Å². The molecule has 0 aromatic heterocycles. The van der Waals surface area contributed by atoms with Crippen LogP contribution in [0.5, 0.6) is 0 Å². The van der Waals surface area contributed by atoms with Crippen LogP contribution in [0.4, 0.5) is 0 Å². The molecule has 0 bridgehead atoms. The molecule has 0 amide bonds. The number of ketones is 1.